The summed E-state index contributed by atoms with van der Waals surface area (Å²) in [4.78, 5) is 11.6. The van der Waals surface area contributed by atoms with Gasteiger partial charge in [0, 0.05) is 11.8 Å². The van der Waals surface area contributed by atoms with Crippen LogP contribution in [0.3, 0.4) is 0 Å². The number of rotatable bonds is 3. The first-order valence-corrected chi connectivity index (χ1v) is 4.74. The van der Waals surface area contributed by atoms with Gasteiger partial charge in [0.25, 0.3) is 5.91 Å². The number of anilines is 2. The van der Waals surface area contributed by atoms with Crippen LogP contribution in [0.1, 0.15) is 10.6 Å². The van der Waals surface area contributed by atoms with Crippen molar-refractivity contribution in [3.05, 3.63) is 53.2 Å². The van der Waals surface area contributed by atoms with Gasteiger partial charge in [-0.3, -0.25) is 4.79 Å². The Hall–Kier alpha value is -2.34. The molecule has 17 heavy (non-hydrogen) atoms. The zero-order valence-corrected chi connectivity index (χ0v) is 8.57. The number of carbonyl (C=O) groups is 1. The maximum atomic E-state index is 12.6. The van der Waals surface area contributed by atoms with Gasteiger partial charge in [-0.05, 0) is 30.3 Å². The van der Waals surface area contributed by atoms with E-state index in [0.29, 0.717) is 5.69 Å². The Labute approximate surface area is 95.8 Å². The predicted octanol–water partition coefficient (Wildman–Crippen LogP) is 2.58. The third kappa shape index (κ3) is 2.61. The number of hydrogen-bond donors (Lipinski definition) is 2. The molecule has 0 aliphatic rings. The molecule has 88 valence electrons. The Morgan fingerprint density at radius 3 is 2.47 bits per heavy atom. The zero-order valence-electron chi connectivity index (χ0n) is 8.57. The van der Waals surface area contributed by atoms with Gasteiger partial charge in [-0.2, -0.15) is 0 Å². The number of amides is 1. The molecular weight excluding hydrogens is 227 g/mol. The normalized spacial score (nSPS) is 10.0. The van der Waals surface area contributed by atoms with Crippen LogP contribution in [0.2, 0.25) is 0 Å². The lowest BCUT2D eigenvalue weighted by Gasteiger charge is -2.04. The molecule has 2 rings (SSSR count). The van der Waals surface area contributed by atoms with Gasteiger partial charge in [0.15, 0.2) is 11.6 Å². The first kappa shape index (κ1) is 11.2. The summed E-state index contributed by atoms with van der Waals surface area (Å²) in [6.45, 7) is 0. The molecular formula is C11H8FN2O3-. The largest absolute Gasteiger partial charge is 0.759 e. The van der Waals surface area contributed by atoms with E-state index in [-0.39, 0.29) is 17.5 Å². The van der Waals surface area contributed by atoms with E-state index in [0.717, 1.165) is 0 Å². The molecule has 0 aliphatic carbocycles. The topological polar surface area (TPSA) is 77.3 Å². The summed E-state index contributed by atoms with van der Waals surface area (Å²) in [7, 11) is 0. The molecule has 5 nitrogen and oxygen atoms in total. The fourth-order valence-electron chi connectivity index (χ4n) is 1.24. The molecule has 0 atom stereocenters. The average Bonchev–Trinajstić information content (AvgIpc) is 2.81. The third-order valence-electron chi connectivity index (χ3n) is 2.03. The van der Waals surface area contributed by atoms with Crippen LogP contribution >= 0.6 is 0 Å². The highest BCUT2D eigenvalue weighted by Crippen LogP contribution is 2.15. The van der Waals surface area contributed by atoms with Crippen LogP contribution in [0.15, 0.2) is 40.8 Å². The van der Waals surface area contributed by atoms with E-state index in [1.165, 1.54) is 41.9 Å². The van der Waals surface area contributed by atoms with Gasteiger partial charge >= 0.3 is 0 Å². The minimum absolute atomic E-state index is 0.00678. The van der Waals surface area contributed by atoms with Crippen LogP contribution in [0.5, 0.6) is 0 Å². The number of benzene rings is 1. The highest BCUT2D eigenvalue weighted by Gasteiger charge is 2.10. The molecule has 0 radical (unpaired) electrons. The molecule has 1 amide bonds. The molecule has 0 aliphatic heterocycles. The van der Waals surface area contributed by atoms with Crippen molar-refractivity contribution in [1.82, 2.24) is 0 Å². The SMILES string of the molecule is O=C(Nc1ccc(F)cc1)c1ccc(N[O-])o1. The number of hydrogen-bond acceptors (Lipinski definition) is 4. The highest BCUT2D eigenvalue weighted by atomic mass is 19.1. The standard InChI is InChI=1S/C11H8FN2O3/c12-7-1-3-8(4-2-7)13-11(15)9-5-6-10(14-16)17-9/h1-6,14H,(H,13,15)/q-1. The molecule has 0 fully saturated rings. The molecule has 1 heterocycles. The Bertz CT molecular complexity index is 522. The quantitative estimate of drug-likeness (QED) is 0.801. The van der Waals surface area contributed by atoms with E-state index in [9.17, 15) is 14.4 Å². The van der Waals surface area contributed by atoms with Crippen molar-refractivity contribution in [3.8, 4) is 0 Å². The van der Waals surface area contributed by atoms with Crippen LogP contribution < -0.4 is 10.8 Å². The van der Waals surface area contributed by atoms with Gasteiger partial charge < -0.3 is 20.4 Å². The maximum Gasteiger partial charge on any atom is 0.291 e. The van der Waals surface area contributed by atoms with Crippen LogP contribution in [0, 0.1) is 11.0 Å². The van der Waals surface area contributed by atoms with Gasteiger partial charge in [0.2, 0.25) is 0 Å². The van der Waals surface area contributed by atoms with Gasteiger partial charge in [-0.15, -0.1) is 0 Å². The minimum Gasteiger partial charge on any atom is -0.759 e. The lowest BCUT2D eigenvalue weighted by Crippen LogP contribution is -2.10. The molecule has 6 heteroatoms. The summed E-state index contributed by atoms with van der Waals surface area (Å²) in [6, 6.07) is 7.99. The van der Waals surface area contributed by atoms with E-state index in [2.05, 4.69) is 5.32 Å². The van der Waals surface area contributed by atoms with E-state index < -0.39 is 5.91 Å². The lowest BCUT2D eigenvalue weighted by molar-refractivity contribution is 0.0997. The van der Waals surface area contributed by atoms with Crippen LogP contribution in [0.4, 0.5) is 16.0 Å². The van der Waals surface area contributed by atoms with Gasteiger partial charge in [0.1, 0.15) is 5.82 Å². The molecule has 1 aromatic carbocycles. The fourth-order valence-corrected chi connectivity index (χ4v) is 1.24. The Morgan fingerprint density at radius 2 is 1.88 bits per heavy atom. The van der Waals surface area contributed by atoms with Crippen LogP contribution in [-0.4, -0.2) is 5.91 Å². The van der Waals surface area contributed by atoms with Gasteiger partial charge in [-0.25, -0.2) is 4.39 Å². The average molecular weight is 235 g/mol. The number of furan rings is 1. The van der Waals surface area contributed by atoms with Crippen LogP contribution in [-0.2, 0) is 0 Å². The number of halogens is 1. The molecule has 0 saturated heterocycles. The first-order valence-electron chi connectivity index (χ1n) is 4.74. The Kier molecular flexibility index (Phi) is 3.06. The number of nitrogens with one attached hydrogen (secondary N) is 2. The zero-order chi connectivity index (χ0) is 12.3. The van der Waals surface area contributed by atoms with Crippen molar-refractivity contribution >= 4 is 17.5 Å². The second-order valence-corrected chi connectivity index (χ2v) is 3.23. The van der Waals surface area contributed by atoms with Crippen molar-refractivity contribution in [2.75, 3.05) is 10.8 Å². The second kappa shape index (κ2) is 4.67. The van der Waals surface area contributed by atoms with E-state index in [4.69, 9.17) is 4.42 Å². The first-order chi connectivity index (χ1) is 8.19. The van der Waals surface area contributed by atoms with Gasteiger partial charge in [0.05, 0.1) is 0 Å². The summed E-state index contributed by atoms with van der Waals surface area (Å²) in [6.07, 6.45) is 0. The molecule has 0 bridgehead atoms. The summed E-state index contributed by atoms with van der Waals surface area (Å²) >= 11 is 0. The maximum absolute atomic E-state index is 12.6. The van der Waals surface area contributed by atoms with Crippen molar-refractivity contribution in [2.24, 2.45) is 0 Å². The molecule has 0 unspecified atom stereocenters. The Morgan fingerprint density at radius 1 is 1.18 bits per heavy atom. The number of carbonyl (C=O) groups excluding carboxylic acids is 1. The van der Waals surface area contributed by atoms with Crippen molar-refractivity contribution in [1.29, 1.82) is 0 Å². The lowest BCUT2D eigenvalue weighted by atomic mass is 10.3. The summed E-state index contributed by atoms with van der Waals surface area (Å²) in [5.74, 6) is -0.959. The smallest absolute Gasteiger partial charge is 0.291 e. The van der Waals surface area contributed by atoms with Crippen molar-refractivity contribution in [3.63, 3.8) is 0 Å². The monoisotopic (exact) mass is 235 g/mol. The van der Waals surface area contributed by atoms with Crippen molar-refractivity contribution in [2.45, 2.75) is 0 Å². The van der Waals surface area contributed by atoms with E-state index in [1.807, 2.05) is 0 Å². The highest BCUT2D eigenvalue weighted by molar-refractivity contribution is 6.02. The van der Waals surface area contributed by atoms with Crippen molar-refractivity contribution < 1.29 is 13.6 Å². The third-order valence-corrected chi connectivity index (χ3v) is 2.03. The molecule has 1 aromatic heterocycles. The van der Waals surface area contributed by atoms with Crippen LogP contribution in [0.25, 0.3) is 0 Å². The fraction of sp³-hybridized carbons (Fsp3) is 0. The minimum atomic E-state index is -0.516. The Balaban J connectivity index is 2.08. The van der Waals surface area contributed by atoms with E-state index in [1.54, 1.807) is 0 Å². The van der Waals surface area contributed by atoms with Gasteiger partial charge in [-0.1, -0.05) is 0 Å². The molecule has 2 N–H and O–H groups in total. The predicted molar refractivity (Wildman–Crippen MR) is 60.1 cm³/mol. The summed E-state index contributed by atoms with van der Waals surface area (Å²) in [5.41, 5.74) is 1.96. The van der Waals surface area contributed by atoms with E-state index >= 15 is 0 Å². The summed E-state index contributed by atoms with van der Waals surface area (Å²) < 4.78 is 17.5. The summed E-state index contributed by atoms with van der Waals surface area (Å²) in [5, 5.41) is 12.7. The second-order valence-electron chi connectivity index (χ2n) is 3.23. The molecule has 2 aromatic rings. The molecule has 0 saturated carbocycles. The molecule has 0 spiro atoms.